The summed E-state index contributed by atoms with van der Waals surface area (Å²) in [5.74, 6) is -1.85. The Kier molecular flexibility index (Phi) is 4.55. The van der Waals surface area contributed by atoms with Crippen molar-refractivity contribution in [3.8, 4) is 0 Å². The number of hydrogen-bond acceptors (Lipinski definition) is 3. The molecule has 1 aromatic heterocycles. The van der Waals surface area contributed by atoms with Gasteiger partial charge >= 0.3 is 12.1 Å². The van der Waals surface area contributed by atoms with Crippen LogP contribution in [0.4, 0.5) is 13.2 Å². The second kappa shape index (κ2) is 6.05. The molecule has 0 atom stereocenters. The number of carbonyl (C=O) groups excluding carboxylic acids is 1. The summed E-state index contributed by atoms with van der Waals surface area (Å²) in [4.78, 5) is 23.8. The van der Waals surface area contributed by atoms with E-state index in [0.29, 0.717) is 0 Å². The van der Waals surface area contributed by atoms with E-state index in [1.54, 1.807) is 0 Å². The summed E-state index contributed by atoms with van der Waals surface area (Å²) in [7, 11) is 0. The molecule has 2 rings (SSSR count). The Morgan fingerprint density at radius 3 is 2.48 bits per heavy atom. The van der Waals surface area contributed by atoms with E-state index in [-0.39, 0.29) is 22.9 Å². The monoisotopic (exact) mass is 321 g/mol. The van der Waals surface area contributed by atoms with Crippen LogP contribution in [0.5, 0.6) is 0 Å². The van der Waals surface area contributed by atoms with Crippen molar-refractivity contribution in [3.05, 3.63) is 21.9 Å². The van der Waals surface area contributed by atoms with Gasteiger partial charge in [-0.05, 0) is 24.8 Å². The van der Waals surface area contributed by atoms with Gasteiger partial charge in [-0.1, -0.05) is 6.42 Å². The number of aromatic carboxylic acids is 1. The fourth-order valence-corrected chi connectivity index (χ4v) is 2.99. The number of amides is 1. The van der Waals surface area contributed by atoms with Gasteiger partial charge in [0.25, 0.3) is 5.91 Å². The molecule has 0 bridgehead atoms. The fraction of sp³-hybridized carbons (Fsp3) is 0.538. The average molecular weight is 321 g/mol. The first-order valence-electron chi connectivity index (χ1n) is 6.44. The first-order valence-corrected chi connectivity index (χ1v) is 7.32. The molecular formula is C13H14F3NO3S. The third-order valence-corrected chi connectivity index (χ3v) is 4.34. The maximum absolute atomic E-state index is 12.6. The molecule has 0 radical (unpaired) electrons. The maximum Gasteiger partial charge on any atom is 0.406 e. The Morgan fingerprint density at radius 1 is 1.38 bits per heavy atom. The minimum atomic E-state index is -4.47. The summed E-state index contributed by atoms with van der Waals surface area (Å²) in [6.07, 6.45) is -1.84. The Hall–Kier alpha value is -1.57. The standard InChI is InChI=1S/C13H14F3NO3S/c14-13(15,16)7-17(5-8-2-1-3-8)11(18)10-4-9(6-21-10)12(19)20/h4,6,8H,1-3,5,7H2,(H,19,20). The third-order valence-electron chi connectivity index (χ3n) is 3.42. The molecule has 1 saturated carbocycles. The third kappa shape index (κ3) is 4.20. The van der Waals surface area contributed by atoms with Gasteiger partial charge in [0.05, 0.1) is 10.4 Å². The first-order chi connectivity index (χ1) is 9.76. The molecule has 1 amide bonds. The zero-order valence-corrected chi connectivity index (χ0v) is 11.8. The van der Waals surface area contributed by atoms with Crippen LogP contribution in [0, 0.1) is 5.92 Å². The van der Waals surface area contributed by atoms with Crippen LogP contribution in [0.3, 0.4) is 0 Å². The molecule has 0 spiro atoms. The van der Waals surface area contributed by atoms with Gasteiger partial charge in [-0.25, -0.2) is 4.79 Å². The normalized spacial score (nSPS) is 15.6. The quantitative estimate of drug-likeness (QED) is 0.905. The number of rotatable bonds is 5. The highest BCUT2D eigenvalue weighted by molar-refractivity contribution is 7.12. The van der Waals surface area contributed by atoms with E-state index in [1.165, 1.54) is 5.38 Å². The van der Waals surface area contributed by atoms with Crippen LogP contribution in [-0.4, -0.2) is 41.1 Å². The van der Waals surface area contributed by atoms with Crippen LogP contribution in [0.2, 0.25) is 0 Å². The fourth-order valence-electron chi connectivity index (χ4n) is 2.14. The largest absolute Gasteiger partial charge is 0.478 e. The molecule has 116 valence electrons. The molecule has 1 N–H and O–H groups in total. The van der Waals surface area contributed by atoms with E-state index in [1.807, 2.05) is 0 Å². The zero-order chi connectivity index (χ0) is 15.6. The van der Waals surface area contributed by atoms with E-state index in [9.17, 15) is 22.8 Å². The zero-order valence-electron chi connectivity index (χ0n) is 11.0. The number of carboxylic acid groups (broad SMARTS) is 1. The van der Waals surface area contributed by atoms with E-state index in [2.05, 4.69) is 0 Å². The number of halogens is 3. The van der Waals surface area contributed by atoms with Gasteiger partial charge in [-0.2, -0.15) is 13.2 Å². The molecular weight excluding hydrogens is 307 g/mol. The molecule has 1 heterocycles. The predicted molar refractivity (Wildman–Crippen MR) is 70.6 cm³/mol. The van der Waals surface area contributed by atoms with Crippen LogP contribution in [0.15, 0.2) is 11.4 Å². The highest BCUT2D eigenvalue weighted by Crippen LogP contribution is 2.29. The van der Waals surface area contributed by atoms with Crippen LogP contribution in [-0.2, 0) is 0 Å². The minimum Gasteiger partial charge on any atom is -0.478 e. The molecule has 1 fully saturated rings. The molecule has 0 saturated heterocycles. The van der Waals surface area contributed by atoms with Crippen LogP contribution in [0.25, 0.3) is 0 Å². The van der Waals surface area contributed by atoms with Crippen molar-refractivity contribution in [1.82, 2.24) is 4.90 Å². The van der Waals surface area contributed by atoms with E-state index in [0.717, 1.165) is 41.6 Å². The molecule has 1 aliphatic rings. The summed E-state index contributed by atoms with van der Waals surface area (Å²) >= 11 is 0.854. The molecule has 0 unspecified atom stereocenters. The molecule has 21 heavy (non-hydrogen) atoms. The lowest BCUT2D eigenvalue weighted by Crippen LogP contribution is -2.42. The molecule has 1 aliphatic carbocycles. The highest BCUT2D eigenvalue weighted by atomic mass is 32.1. The Morgan fingerprint density at radius 2 is 2.05 bits per heavy atom. The van der Waals surface area contributed by atoms with Crippen molar-refractivity contribution >= 4 is 23.2 Å². The van der Waals surface area contributed by atoms with E-state index in [4.69, 9.17) is 5.11 Å². The van der Waals surface area contributed by atoms with Crippen molar-refractivity contribution in [2.24, 2.45) is 5.92 Å². The van der Waals surface area contributed by atoms with Gasteiger partial charge in [0, 0.05) is 11.9 Å². The molecule has 0 aromatic carbocycles. The van der Waals surface area contributed by atoms with Crippen LogP contribution < -0.4 is 0 Å². The number of thiophene rings is 1. The van der Waals surface area contributed by atoms with E-state index >= 15 is 0 Å². The minimum absolute atomic E-state index is 0.0240. The second-order valence-corrected chi connectivity index (χ2v) is 6.01. The second-order valence-electron chi connectivity index (χ2n) is 5.10. The van der Waals surface area contributed by atoms with Gasteiger partial charge in [-0.15, -0.1) is 11.3 Å². The predicted octanol–water partition coefficient (Wildman–Crippen LogP) is 3.25. The SMILES string of the molecule is O=C(O)c1csc(C(=O)N(CC2CCC2)CC(F)(F)F)c1. The summed E-state index contributed by atoms with van der Waals surface area (Å²) in [6, 6.07) is 1.12. The summed E-state index contributed by atoms with van der Waals surface area (Å²) in [5.41, 5.74) is -0.0843. The topological polar surface area (TPSA) is 57.6 Å². The Labute approximate surface area is 123 Å². The summed E-state index contributed by atoms with van der Waals surface area (Å²) < 4.78 is 37.8. The van der Waals surface area contributed by atoms with Gasteiger partial charge in [0.15, 0.2) is 0 Å². The smallest absolute Gasteiger partial charge is 0.406 e. The van der Waals surface area contributed by atoms with Gasteiger partial charge in [-0.3, -0.25) is 4.79 Å². The van der Waals surface area contributed by atoms with Gasteiger partial charge in [0.2, 0.25) is 0 Å². The van der Waals surface area contributed by atoms with Crippen molar-refractivity contribution in [2.45, 2.75) is 25.4 Å². The number of carbonyl (C=O) groups is 2. The number of alkyl halides is 3. The summed E-state index contributed by atoms with van der Waals surface area (Å²) in [6.45, 7) is -1.23. The number of hydrogen-bond donors (Lipinski definition) is 1. The molecule has 8 heteroatoms. The summed E-state index contributed by atoms with van der Waals surface area (Å²) in [5, 5.41) is 10.1. The maximum atomic E-state index is 12.6. The van der Waals surface area contributed by atoms with Crippen LogP contribution in [0.1, 0.15) is 39.3 Å². The number of carboxylic acids is 1. The van der Waals surface area contributed by atoms with Gasteiger partial charge < -0.3 is 10.0 Å². The Bertz CT molecular complexity index is 537. The molecule has 1 aromatic rings. The van der Waals surface area contributed by atoms with Crippen molar-refractivity contribution < 1.29 is 27.9 Å². The average Bonchev–Trinajstić information content (AvgIpc) is 2.79. The van der Waals surface area contributed by atoms with Crippen molar-refractivity contribution in [2.75, 3.05) is 13.1 Å². The number of nitrogens with zero attached hydrogens (tertiary/aromatic N) is 1. The molecule has 0 aliphatic heterocycles. The van der Waals surface area contributed by atoms with Gasteiger partial charge in [0.1, 0.15) is 6.54 Å². The highest BCUT2D eigenvalue weighted by Gasteiger charge is 2.35. The lowest BCUT2D eigenvalue weighted by molar-refractivity contribution is -0.142. The van der Waals surface area contributed by atoms with E-state index < -0.39 is 24.6 Å². The molecule has 4 nitrogen and oxygen atoms in total. The van der Waals surface area contributed by atoms with Crippen molar-refractivity contribution in [3.63, 3.8) is 0 Å². The van der Waals surface area contributed by atoms with Crippen LogP contribution >= 0.6 is 11.3 Å². The van der Waals surface area contributed by atoms with Crippen molar-refractivity contribution in [1.29, 1.82) is 0 Å². The first kappa shape index (κ1) is 15.8. The lowest BCUT2D eigenvalue weighted by Gasteiger charge is -2.32. The Balaban J connectivity index is 2.13. The lowest BCUT2D eigenvalue weighted by atomic mass is 9.85.